The Hall–Kier alpha value is -3.55. The van der Waals surface area contributed by atoms with Crippen molar-refractivity contribution in [3.8, 4) is 11.5 Å². The molecule has 0 bridgehead atoms. The summed E-state index contributed by atoms with van der Waals surface area (Å²) < 4.78 is 28.7. The highest BCUT2D eigenvalue weighted by atomic mass is 19.1. The van der Waals surface area contributed by atoms with Gasteiger partial charge in [0, 0.05) is 18.0 Å². The molecule has 7 nitrogen and oxygen atoms in total. The quantitative estimate of drug-likeness (QED) is 0.595. The van der Waals surface area contributed by atoms with Gasteiger partial charge in [0.2, 0.25) is 0 Å². The Morgan fingerprint density at radius 2 is 1.83 bits per heavy atom. The number of hydrogen-bond acceptors (Lipinski definition) is 5. The molecule has 2 aromatic carbocycles. The number of aromatic amines is 1. The molecule has 3 rings (SSSR count). The number of carbonyl (C=O) groups is 2. The Bertz CT molecular complexity index is 1030. The van der Waals surface area contributed by atoms with Gasteiger partial charge in [0.05, 0.1) is 19.7 Å². The maximum atomic E-state index is 12.9. The van der Waals surface area contributed by atoms with E-state index in [1.54, 1.807) is 30.3 Å². The number of fused-ring (bicyclic) bond motifs is 1. The molecule has 0 fully saturated rings. The molecule has 29 heavy (non-hydrogen) atoms. The molecule has 0 aliphatic rings. The lowest BCUT2D eigenvalue weighted by molar-refractivity contribution is -0.129. The number of methoxy groups -OCH3 is 2. The van der Waals surface area contributed by atoms with Crippen molar-refractivity contribution in [2.45, 2.75) is 19.6 Å². The van der Waals surface area contributed by atoms with Crippen LogP contribution < -0.4 is 14.8 Å². The number of rotatable bonds is 7. The Labute approximate surface area is 166 Å². The molecule has 1 aromatic heterocycles. The first-order valence-electron chi connectivity index (χ1n) is 8.89. The zero-order chi connectivity index (χ0) is 21.0. The third-order valence-corrected chi connectivity index (χ3v) is 4.37. The van der Waals surface area contributed by atoms with Crippen LogP contribution >= 0.6 is 0 Å². The predicted molar refractivity (Wildman–Crippen MR) is 105 cm³/mol. The van der Waals surface area contributed by atoms with Gasteiger partial charge in [-0.2, -0.15) is 0 Å². The summed E-state index contributed by atoms with van der Waals surface area (Å²) in [5.41, 5.74) is 1.54. The largest absolute Gasteiger partial charge is 0.497 e. The minimum atomic E-state index is -1.01. The van der Waals surface area contributed by atoms with Gasteiger partial charge in [-0.1, -0.05) is 12.1 Å². The molecule has 0 radical (unpaired) electrons. The molecule has 1 heterocycles. The second kappa shape index (κ2) is 8.64. The number of carbonyl (C=O) groups excluding carboxylic acids is 2. The first kappa shape index (κ1) is 20.2. The molecule has 0 saturated heterocycles. The number of H-pyrrole nitrogens is 1. The van der Waals surface area contributed by atoms with Crippen LogP contribution in [-0.4, -0.2) is 37.2 Å². The van der Waals surface area contributed by atoms with Crippen LogP contribution in [0.2, 0.25) is 0 Å². The van der Waals surface area contributed by atoms with Gasteiger partial charge in [0.15, 0.2) is 6.10 Å². The SMILES string of the molecule is COc1cc(OC)c2[nH]c(C(=O)OC(C)C(=O)NCc3ccc(F)cc3)cc2c1. The minimum absolute atomic E-state index is 0.185. The summed E-state index contributed by atoms with van der Waals surface area (Å²) >= 11 is 0. The maximum Gasteiger partial charge on any atom is 0.355 e. The zero-order valence-electron chi connectivity index (χ0n) is 16.2. The lowest BCUT2D eigenvalue weighted by Crippen LogP contribution is -2.35. The lowest BCUT2D eigenvalue weighted by Gasteiger charge is -2.13. The van der Waals surface area contributed by atoms with E-state index in [-0.39, 0.29) is 18.1 Å². The fourth-order valence-electron chi connectivity index (χ4n) is 2.79. The average Bonchev–Trinajstić information content (AvgIpc) is 3.16. The summed E-state index contributed by atoms with van der Waals surface area (Å²) in [5, 5.41) is 3.36. The third-order valence-electron chi connectivity index (χ3n) is 4.37. The van der Waals surface area contributed by atoms with Crippen LogP contribution in [0.3, 0.4) is 0 Å². The van der Waals surface area contributed by atoms with Crippen molar-refractivity contribution in [1.29, 1.82) is 0 Å². The van der Waals surface area contributed by atoms with Crippen LogP contribution in [0.1, 0.15) is 23.0 Å². The second-order valence-electron chi connectivity index (χ2n) is 6.37. The van der Waals surface area contributed by atoms with E-state index in [9.17, 15) is 14.0 Å². The number of hydrogen-bond donors (Lipinski definition) is 2. The number of halogens is 1. The zero-order valence-corrected chi connectivity index (χ0v) is 16.2. The first-order valence-corrected chi connectivity index (χ1v) is 8.89. The molecule has 3 aromatic rings. The highest BCUT2D eigenvalue weighted by Gasteiger charge is 2.21. The highest BCUT2D eigenvalue weighted by molar-refractivity contribution is 5.98. The van der Waals surface area contributed by atoms with Crippen LogP contribution in [0, 0.1) is 5.82 Å². The van der Waals surface area contributed by atoms with Crippen molar-refractivity contribution in [3.05, 3.63) is 59.5 Å². The van der Waals surface area contributed by atoms with Crippen LogP contribution in [-0.2, 0) is 16.1 Å². The van der Waals surface area contributed by atoms with Gasteiger partial charge in [-0.25, -0.2) is 9.18 Å². The molecule has 0 aliphatic carbocycles. The van der Waals surface area contributed by atoms with Crippen LogP contribution in [0.15, 0.2) is 42.5 Å². The number of nitrogens with one attached hydrogen (secondary N) is 2. The van der Waals surface area contributed by atoms with Gasteiger partial charge in [0.25, 0.3) is 5.91 Å². The average molecular weight is 400 g/mol. The number of esters is 1. The van der Waals surface area contributed by atoms with Crippen molar-refractivity contribution < 1.29 is 28.2 Å². The third kappa shape index (κ3) is 4.66. The van der Waals surface area contributed by atoms with E-state index in [2.05, 4.69) is 10.3 Å². The van der Waals surface area contributed by atoms with Crippen molar-refractivity contribution in [1.82, 2.24) is 10.3 Å². The molecule has 0 aliphatic heterocycles. The molecule has 8 heteroatoms. The standard InChI is InChI=1S/C21H21FN2O5/c1-12(20(25)23-11-13-4-6-15(22)7-5-13)29-21(26)17-9-14-8-16(27-2)10-18(28-3)19(14)24-17/h4-10,12,24H,11H2,1-3H3,(H,23,25). The summed E-state index contributed by atoms with van der Waals surface area (Å²) in [5.74, 6) is -0.384. The number of benzene rings is 2. The molecular formula is C21H21FN2O5. The maximum absolute atomic E-state index is 12.9. The lowest BCUT2D eigenvalue weighted by atomic mass is 10.2. The summed E-state index contributed by atoms with van der Waals surface area (Å²) in [7, 11) is 3.05. The molecule has 152 valence electrons. The van der Waals surface area contributed by atoms with E-state index >= 15 is 0 Å². The molecule has 1 amide bonds. The fourth-order valence-corrected chi connectivity index (χ4v) is 2.79. The number of ether oxygens (including phenoxy) is 3. The normalized spacial score (nSPS) is 11.7. The van der Waals surface area contributed by atoms with Gasteiger partial charge in [0.1, 0.15) is 23.0 Å². The number of aromatic nitrogens is 1. The van der Waals surface area contributed by atoms with Gasteiger partial charge in [-0.3, -0.25) is 4.79 Å². The highest BCUT2D eigenvalue weighted by Crippen LogP contribution is 2.31. The topological polar surface area (TPSA) is 89.7 Å². The van der Waals surface area contributed by atoms with Crippen LogP contribution in [0.5, 0.6) is 11.5 Å². The molecule has 0 spiro atoms. The van der Waals surface area contributed by atoms with E-state index in [4.69, 9.17) is 14.2 Å². The Kier molecular flexibility index (Phi) is 6.01. The smallest absolute Gasteiger partial charge is 0.355 e. The molecule has 0 saturated carbocycles. The Balaban J connectivity index is 1.65. The van der Waals surface area contributed by atoms with Gasteiger partial charge in [-0.05, 0) is 36.8 Å². The van der Waals surface area contributed by atoms with Crippen molar-refractivity contribution in [2.75, 3.05) is 14.2 Å². The molecule has 1 unspecified atom stereocenters. The van der Waals surface area contributed by atoms with Crippen LogP contribution in [0.25, 0.3) is 10.9 Å². The summed E-state index contributed by atoms with van der Waals surface area (Å²) in [6.07, 6.45) is -1.01. The van der Waals surface area contributed by atoms with Gasteiger partial charge < -0.3 is 24.5 Å². The first-order chi connectivity index (χ1) is 13.9. The van der Waals surface area contributed by atoms with Crippen molar-refractivity contribution in [3.63, 3.8) is 0 Å². The van der Waals surface area contributed by atoms with Gasteiger partial charge in [-0.15, -0.1) is 0 Å². The van der Waals surface area contributed by atoms with Crippen molar-refractivity contribution >= 4 is 22.8 Å². The Morgan fingerprint density at radius 3 is 2.48 bits per heavy atom. The summed E-state index contributed by atoms with van der Waals surface area (Å²) in [6.45, 7) is 1.68. The second-order valence-corrected chi connectivity index (χ2v) is 6.37. The fraction of sp³-hybridized carbons (Fsp3) is 0.238. The van der Waals surface area contributed by atoms with E-state index in [0.717, 1.165) is 5.56 Å². The van der Waals surface area contributed by atoms with Crippen molar-refractivity contribution in [2.24, 2.45) is 0 Å². The van der Waals surface area contributed by atoms with Gasteiger partial charge >= 0.3 is 5.97 Å². The van der Waals surface area contributed by atoms with Crippen LogP contribution in [0.4, 0.5) is 4.39 Å². The van der Waals surface area contributed by atoms with E-state index in [1.165, 1.54) is 33.3 Å². The minimum Gasteiger partial charge on any atom is -0.497 e. The molecule has 1 atom stereocenters. The van der Waals surface area contributed by atoms with E-state index in [0.29, 0.717) is 22.4 Å². The number of amides is 1. The monoisotopic (exact) mass is 400 g/mol. The van der Waals surface area contributed by atoms with E-state index < -0.39 is 18.0 Å². The van der Waals surface area contributed by atoms with E-state index in [1.807, 2.05) is 0 Å². The Morgan fingerprint density at radius 1 is 1.10 bits per heavy atom. The predicted octanol–water partition coefficient (Wildman–Crippen LogP) is 3.19. The molecular weight excluding hydrogens is 379 g/mol. The molecule has 2 N–H and O–H groups in total. The summed E-state index contributed by atoms with van der Waals surface area (Å²) in [4.78, 5) is 27.6. The summed E-state index contributed by atoms with van der Waals surface area (Å²) in [6, 6.07) is 10.8.